The number of nitrogen functional groups attached to an aromatic ring is 1. The summed E-state index contributed by atoms with van der Waals surface area (Å²) in [4.78, 5) is 4.26. The van der Waals surface area contributed by atoms with Crippen LogP contribution in [-0.4, -0.2) is 57.9 Å². The molecule has 6 rings (SSSR count). The van der Waals surface area contributed by atoms with E-state index in [-0.39, 0.29) is 29.7 Å². The van der Waals surface area contributed by atoms with Crippen molar-refractivity contribution in [2.45, 2.75) is 75.3 Å². The van der Waals surface area contributed by atoms with Gasteiger partial charge in [-0.15, -0.1) is 0 Å². The Labute approximate surface area is 211 Å². The molecular formula is C28H38FN3O4. The van der Waals surface area contributed by atoms with Gasteiger partial charge in [0, 0.05) is 17.8 Å². The van der Waals surface area contributed by atoms with Gasteiger partial charge in [-0.2, -0.15) is 4.98 Å². The molecule has 0 saturated heterocycles. The fourth-order valence-corrected chi connectivity index (χ4v) is 7.45. The molecule has 0 aliphatic heterocycles. The van der Waals surface area contributed by atoms with Crippen molar-refractivity contribution in [2.75, 3.05) is 19.8 Å². The summed E-state index contributed by atoms with van der Waals surface area (Å²) in [5.41, 5.74) is 6.04. The monoisotopic (exact) mass is 499 g/mol. The van der Waals surface area contributed by atoms with Gasteiger partial charge in [0.25, 0.3) is 6.01 Å². The zero-order chi connectivity index (χ0) is 25.9. The van der Waals surface area contributed by atoms with Crippen LogP contribution >= 0.6 is 0 Å². The van der Waals surface area contributed by atoms with Crippen molar-refractivity contribution in [3.63, 3.8) is 0 Å². The lowest BCUT2D eigenvalue weighted by molar-refractivity contribution is -0.0963. The lowest BCUT2D eigenvalue weighted by Crippen LogP contribution is -2.55. The number of aromatic nitrogens is 1. The van der Waals surface area contributed by atoms with Crippen LogP contribution < -0.4 is 11.1 Å². The molecule has 1 aromatic carbocycles. The fraction of sp³-hybridized carbons (Fsp3) is 0.607. The van der Waals surface area contributed by atoms with E-state index in [0.29, 0.717) is 55.2 Å². The topological polar surface area (TPSA) is 125 Å². The molecule has 4 aliphatic carbocycles. The highest BCUT2D eigenvalue weighted by molar-refractivity contribution is 5.83. The van der Waals surface area contributed by atoms with Crippen molar-refractivity contribution in [3.8, 4) is 0 Å². The molecule has 2 aromatic rings. The van der Waals surface area contributed by atoms with Gasteiger partial charge in [-0.05, 0) is 87.4 Å². The molecule has 6 unspecified atom stereocenters. The van der Waals surface area contributed by atoms with E-state index in [2.05, 4.69) is 23.3 Å². The maximum absolute atomic E-state index is 16.2. The average Bonchev–Trinajstić information content (AvgIpc) is 3.35. The molecule has 6 N–H and O–H groups in total. The second kappa shape index (κ2) is 8.94. The summed E-state index contributed by atoms with van der Waals surface area (Å²) in [6.45, 7) is 2.16. The third kappa shape index (κ3) is 3.72. The second-order valence-corrected chi connectivity index (χ2v) is 11.3. The predicted molar refractivity (Wildman–Crippen MR) is 138 cm³/mol. The molecule has 0 spiro atoms. The third-order valence-corrected chi connectivity index (χ3v) is 9.18. The Balaban J connectivity index is 0.000000848. The lowest BCUT2D eigenvalue weighted by atomic mass is 9.57. The molecule has 7 nitrogen and oxygen atoms in total. The van der Waals surface area contributed by atoms with Crippen LogP contribution in [0.15, 0.2) is 40.3 Å². The van der Waals surface area contributed by atoms with E-state index in [1.807, 2.05) is 38.4 Å². The van der Waals surface area contributed by atoms with Gasteiger partial charge >= 0.3 is 0 Å². The molecule has 1 aromatic heterocycles. The number of hydrogen-bond acceptors (Lipinski definition) is 7. The van der Waals surface area contributed by atoms with Crippen LogP contribution in [0.25, 0.3) is 16.7 Å². The van der Waals surface area contributed by atoms with Crippen LogP contribution in [0.4, 0.5) is 10.4 Å². The summed E-state index contributed by atoms with van der Waals surface area (Å²) in [6, 6.07) is 5.95. The summed E-state index contributed by atoms with van der Waals surface area (Å²) in [7, 11) is 3.75. The Bertz CT molecular complexity index is 1210. The van der Waals surface area contributed by atoms with Crippen molar-refractivity contribution < 1.29 is 24.1 Å². The normalized spacial score (nSPS) is 39.6. The number of hydrogen-bond donors (Lipinski definition) is 5. The van der Waals surface area contributed by atoms with E-state index >= 15 is 4.39 Å². The van der Waals surface area contributed by atoms with Gasteiger partial charge in [-0.1, -0.05) is 25.1 Å². The Morgan fingerprint density at radius 3 is 2.67 bits per heavy atom. The van der Waals surface area contributed by atoms with E-state index in [1.165, 1.54) is 0 Å². The first-order valence-electron chi connectivity index (χ1n) is 13.0. The fourth-order valence-electron chi connectivity index (χ4n) is 7.45. The highest BCUT2D eigenvalue weighted by Crippen LogP contribution is 2.63. The number of nitrogens with zero attached hydrogens (tertiary/aromatic N) is 1. The number of aliphatic hydroxyl groups is 3. The van der Waals surface area contributed by atoms with Crippen molar-refractivity contribution in [3.05, 3.63) is 41.5 Å². The van der Waals surface area contributed by atoms with E-state index in [0.717, 1.165) is 11.1 Å². The van der Waals surface area contributed by atoms with E-state index < -0.39 is 23.5 Å². The molecule has 8 heteroatoms. The van der Waals surface area contributed by atoms with Crippen LogP contribution in [0.5, 0.6) is 0 Å². The van der Waals surface area contributed by atoms with Crippen molar-refractivity contribution in [1.82, 2.24) is 10.3 Å². The van der Waals surface area contributed by atoms with Crippen LogP contribution in [0.1, 0.15) is 57.4 Å². The maximum Gasteiger partial charge on any atom is 0.292 e. The van der Waals surface area contributed by atoms with Crippen molar-refractivity contribution in [1.29, 1.82) is 0 Å². The number of benzene rings is 1. The minimum Gasteiger partial charge on any atom is -0.424 e. The standard InChI is InChI=1S/C26H31FN2O4.C2H7N/c1-24-10-9-18-22(31)25(27)13-16(30)4-3-15(25)8-11-26(18,32)21(24)7-5-17(24)14-2-6-20-19(12-14)29-23(28)33-20;1-3-2/h2,5-6,9,12,15-16,21-22,30-32H,3-4,7-8,10-11,13H2,1H3,(H2,28,29);3H,1-2H3/t15?,16?,21?,22?,24?,25?,26-;/m1./s1. The first kappa shape index (κ1) is 25.4. The molecule has 1 heterocycles. The Morgan fingerprint density at radius 2 is 1.92 bits per heavy atom. The van der Waals surface area contributed by atoms with Crippen LogP contribution in [0, 0.1) is 17.3 Å². The van der Waals surface area contributed by atoms with Gasteiger partial charge in [-0.25, -0.2) is 4.39 Å². The van der Waals surface area contributed by atoms with E-state index in [4.69, 9.17) is 10.2 Å². The molecule has 0 bridgehead atoms. The Morgan fingerprint density at radius 1 is 1.17 bits per heavy atom. The number of halogens is 1. The highest BCUT2D eigenvalue weighted by atomic mass is 19.1. The molecule has 2 fully saturated rings. The SMILES string of the molecule is CC12CC=C3C(O)C4(F)CC(O)CCC4CC[C@]3(O)C1CC=C2c1ccc2oc(N)nc2c1.CNC. The first-order chi connectivity index (χ1) is 17.1. The van der Waals surface area contributed by atoms with Gasteiger partial charge in [-0.3, -0.25) is 0 Å². The number of nitrogens with one attached hydrogen (secondary N) is 1. The summed E-state index contributed by atoms with van der Waals surface area (Å²) in [5, 5.41) is 36.3. The number of alkyl halides is 1. The van der Waals surface area contributed by atoms with Crippen molar-refractivity contribution >= 4 is 22.7 Å². The van der Waals surface area contributed by atoms with E-state index in [9.17, 15) is 15.3 Å². The Kier molecular flexibility index (Phi) is 6.31. The smallest absolute Gasteiger partial charge is 0.292 e. The summed E-state index contributed by atoms with van der Waals surface area (Å²) >= 11 is 0. The van der Waals surface area contributed by atoms with Crippen LogP contribution in [-0.2, 0) is 0 Å². The summed E-state index contributed by atoms with van der Waals surface area (Å²) in [6.07, 6.45) is 5.07. The maximum atomic E-state index is 16.2. The Hall–Kier alpha value is -2.26. The number of aliphatic hydroxyl groups excluding tert-OH is 2. The number of fused-ring (bicyclic) bond motifs is 5. The number of oxazole rings is 1. The van der Waals surface area contributed by atoms with Gasteiger partial charge in [0.1, 0.15) is 17.3 Å². The first-order valence-corrected chi connectivity index (χ1v) is 13.0. The molecule has 2 saturated carbocycles. The minimum absolute atomic E-state index is 0.0709. The number of rotatable bonds is 1. The average molecular weight is 500 g/mol. The largest absolute Gasteiger partial charge is 0.424 e. The number of anilines is 1. The minimum atomic E-state index is -1.89. The zero-order valence-electron chi connectivity index (χ0n) is 21.3. The van der Waals surface area contributed by atoms with Crippen molar-refractivity contribution in [2.24, 2.45) is 17.3 Å². The molecule has 4 aliphatic rings. The molecule has 196 valence electrons. The van der Waals surface area contributed by atoms with Crippen LogP contribution in [0.2, 0.25) is 0 Å². The number of nitrogens with two attached hydrogens (primary N) is 1. The molecule has 7 atom stereocenters. The van der Waals surface area contributed by atoms with Gasteiger partial charge in [0.2, 0.25) is 0 Å². The predicted octanol–water partition coefficient (Wildman–Crippen LogP) is 3.74. The van der Waals surface area contributed by atoms with Gasteiger partial charge in [0.05, 0.1) is 11.7 Å². The molecule has 36 heavy (non-hydrogen) atoms. The third-order valence-electron chi connectivity index (χ3n) is 9.18. The van der Waals surface area contributed by atoms with Crippen LogP contribution in [0.3, 0.4) is 0 Å². The second-order valence-electron chi connectivity index (χ2n) is 11.3. The highest BCUT2D eigenvalue weighted by Gasteiger charge is 2.62. The molecule has 0 radical (unpaired) electrons. The summed E-state index contributed by atoms with van der Waals surface area (Å²) in [5.74, 6) is -0.520. The molecule has 0 amide bonds. The zero-order valence-corrected chi connectivity index (χ0v) is 21.3. The van der Waals surface area contributed by atoms with Gasteiger partial charge in [0.15, 0.2) is 5.58 Å². The summed E-state index contributed by atoms with van der Waals surface area (Å²) < 4.78 is 21.6. The lowest BCUT2D eigenvalue weighted by Gasteiger charge is -2.50. The van der Waals surface area contributed by atoms with Gasteiger partial charge < -0.3 is 30.8 Å². The quantitative estimate of drug-likeness (QED) is 0.379. The number of allylic oxidation sites excluding steroid dienone is 3. The molecular weight excluding hydrogens is 461 g/mol. The van der Waals surface area contributed by atoms with E-state index in [1.54, 1.807) is 0 Å².